The summed E-state index contributed by atoms with van der Waals surface area (Å²) in [6, 6.07) is 10.5. The Bertz CT molecular complexity index is 895. The minimum absolute atomic E-state index is 0.271. The maximum Gasteiger partial charge on any atom is 0.256 e. The minimum atomic E-state index is 0.271. The highest BCUT2D eigenvalue weighted by Crippen LogP contribution is 2.42. The normalized spacial score (nSPS) is 10.5. The summed E-state index contributed by atoms with van der Waals surface area (Å²) >= 11 is 0. The molecule has 0 N–H and O–H groups in total. The van der Waals surface area contributed by atoms with Gasteiger partial charge in [0.1, 0.15) is 5.75 Å². The van der Waals surface area contributed by atoms with Gasteiger partial charge in [-0.3, -0.25) is 4.63 Å². The van der Waals surface area contributed by atoms with Crippen molar-refractivity contribution in [1.29, 1.82) is 0 Å². The van der Waals surface area contributed by atoms with Crippen LogP contribution in [0.3, 0.4) is 0 Å². The Morgan fingerprint density at radius 3 is 2.11 bits per heavy atom. The van der Waals surface area contributed by atoms with E-state index in [1.165, 1.54) is 21.3 Å². The molecule has 0 spiro atoms. The van der Waals surface area contributed by atoms with Crippen molar-refractivity contribution in [3.63, 3.8) is 0 Å². The fourth-order valence-corrected chi connectivity index (χ4v) is 2.77. The molecule has 1 aromatic heterocycles. The van der Waals surface area contributed by atoms with Gasteiger partial charge in [0, 0.05) is 16.3 Å². The molecule has 3 rings (SSSR count). The van der Waals surface area contributed by atoms with Gasteiger partial charge in [0.25, 0.3) is 5.69 Å². The molecule has 0 radical (unpaired) electrons. The molecule has 0 amide bonds. The summed E-state index contributed by atoms with van der Waals surface area (Å²) in [6.07, 6.45) is 0. The molecular formula is C19H20N2O6. The van der Waals surface area contributed by atoms with E-state index in [-0.39, 0.29) is 5.69 Å². The highest BCUT2D eigenvalue weighted by atomic mass is 16.8. The summed E-state index contributed by atoms with van der Waals surface area (Å²) in [5.41, 5.74) is 1.85. The van der Waals surface area contributed by atoms with E-state index >= 15 is 0 Å². The lowest BCUT2D eigenvalue weighted by molar-refractivity contribution is -0.793. The van der Waals surface area contributed by atoms with E-state index in [4.69, 9.17) is 23.6 Å². The molecule has 0 saturated heterocycles. The van der Waals surface area contributed by atoms with Gasteiger partial charge in [-0.2, -0.15) is 0 Å². The summed E-state index contributed by atoms with van der Waals surface area (Å²) in [5, 5.41) is 16.1. The van der Waals surface area contributed by atoms with E-state index < -0.39 is 0 Å². The highest BCUT2D eigenvalue weighted by Gasteiger charge is 2.26. The van der Waals surface area contributed by atoms with E-state index in [0.29, 0.717) is 51.3 Å². The predicted octanol–water partition coefficient (Wildman–Crippen LogP) is 3.07. The number of ether oxygens (including phenoxy) is 4. The van der Waals surface area contributed by atoms with E-state index in [1.807, 2.05) is 6.92 Å². The third-order valence-corrected chi connectivity index (χ3v) is 3.99. The Morgan fingerprint density at radius 1 is 0.963 bits per heavy atom. The summed E-state index contributed by atoms with van der Waals surface area (Å²) in [7, 11) is 4.56. The van der Waals surface area contributed by atoms with Crippen molar-refractivity contribution in [2.24, 2.45) is 0 Å². The van der Waals surface area contributed by atoms with Gasteiger partial charge in [-0.15, -0.1) is 0 Å². The SMILES string of the molecule is CCOc1ccc(-c2c(-c3cc(OC)c(OC)c(OC)c3)no[n+]2[O-])cc1. The van der Waals surface area contributed by atoms with E-state index in [1.54, 1.807) is 36.4 Å². The predicted molar refractivity (Wildman–Crippen MR) is 97.2 cm³/mol. The summed E-state index contributed by atoms with van der Waals surface area (Å²) in [5.74, 6) is 2.06. The Balaban J connectivity index is 2.12. The molecule has 0 fully saturated rings. The van der Waals surface area contributed by atoms with Crippen LogP contribution in [0, 0.1) is 5.21 Å². The fraction of sp³-hybridized carbons (Fsp3) is 0.263. The second-order valence-electron chi connectivity index (χ2n) is 5.50. The zero-order chi connectivity index (χ0) is 19.4. The van der Waals surface area contributed by atoms with Crippen LogP contribution in [-0.4, -0.2) is 33.1 Å². The molecule has 1 heterocycles. The van der Waals surface area contributed by atoms with Crippen molar-refractivity contribution >= 4 is 0 Å². The van der Waals surface area contributed by atoms with Crippen LogP contribution in [-0.2, 0) is 0 Å². The Morgan fingerprint density at radius 2 is 1.59 bits per heavy atom. The molecule has 0 atom stereocenters. The number of aromatic nitrogens is 2. The molecule has 27 heavy (non-hydrogen) atoms. The van der Waals surface area contributed by atoms with Gasteiger partial charge in [-0.05, 0) is 48.2 Å². The summed E-state index contributed by atoms with van der Waals surface area (Å²) in [6.45, 7) is 2.47. The zero-order valence-corrected chi connectivity index (χ0v) is 15.5. The number of hydrogen-bond acceptors (Lipinski definition) is 7. The number of benzene rings is 2. The van der Waals surface area contributed by atoms with Crippen LogP contribution in [0.25, 0.3) is 22.5 Å². The van der Waals surface area contributed by atoms with Gasteiger partial charge in [0.05, 0.1) is 27.9 Å². The molecule has 2 aromatic carbocycles. The van der Waals surface area contributed by atoms with Crippen LogP contribution in [0.2, 0.25) is 0 Å². The molecule has 8 nitrogen and oxygen atoms in total. The first-order chi connectivity index (χ1) is 13.1. The topological polar surface area (TPSA) is 89.9 Å². The van der Waals surface area contributed by atoms with Gasteiger partial charge in [0.2, 0.25) is 11.4 Å². The summed E-state index contributed by atoms with van der Waals surface area (Å²) < 4.78 is 26.4. The van der Waals surface area contributed by atoms with Crippen molar-refractivity contribution in [3.05, 3.63) is 41.6 Å². The number of methoxy groups -OCH3 is 3. The van der Waals surface area contributed by atoms with Crippen molar-refractivity contribution in [2.45, 2.75) is 6.92 Å². The molecular weight excluding hydrogens is 352 g/mol. The Hall–Kier alpha value is -3.42. The lowest BCUT2D eigenvalue weighted by Gasteiger charge is -2.12. The van der Waals surface area contributed by atoms with Gasteiger partial charge in [-0.25, -0.2) is 0 Å². The maximum absolute atomic E-state index is 12.2. The third kappa shape index (κ3) is 3.46. The van der Waals surface area contributed by atoms with Crippen LogP contribution in [0.1, 0.15) is 6.92 Å². The smallest absolute Gasteiger partial charge is 0.256 e. The average molecular weight is 372 g/mol. The molecule has 0 aliphatic rings. The molecule has 0 aliphatic heterocycles. The van der Waals surface area contributed by atoms with Crippen LogP contribution in [0.15, 0.2) is 41.0 Å². The largest absolute Gasteiger partial charge is 0.494 e. The van der Waals surface area contributed by atoms with Crippen LogP contribution in [0.5, 0.6) is 23.0 Å². The molecule has 0 bridgehead atoms. The molecule has 0 saturated carbocycles. The van der Waals surface area contributed by atoms with Crippen molar-refractivity contribution in [3.8, 4) is 45.5 Å². The monoisotopic (exact) mass is 372 g/mol. The number of hydrogen-bond donors (Lipinski definition) is 0. The highest BCUT2D eigenvalue weighted by molar-refractivity contribution is 5.78. The second-order valence-corrected chi connectivity index (χ2v) is 5.50. The van der Waals surface area contributed by atoms with Crippen molar-refractivity contribution in [1.82, 2.24) is 5.16 Å². The first-order valence-electron chi connectivity index (χ1n) is 8.26. The van der Waals surface area contributed by atoms with Crippen molar-refractivity contribution in [2.75, 3.05) is 27.9 Å². The lowest BCUT2D eigenvalue weighted by atomic mass is 10.0. The first kappa shape index (κ1) is 18.4. The van der Waals surface area contributed by atoms with Crippen LogP contribution in [0.4, 0.5) is 0 Å². The van der Waals surface area contributed by atoms with Crippen LogP contribution >= 0.6 is 0 Å². The molecule has 0 unspecified atom stereocenters. The summed E-state index contributed by atoms with van der Waals surface area (Å²) in [4.78, 5) is 0.369. The number of nitrogens with zero attached hydrogens (tertiary/aromatic N) is 2. The van der Waals surface area contributed by atoms with Gasteiger partial charge < -0.3 is 24.2 Å². The maximum atomic E-state index is 12.2. The molecule has 142 valence electrons. The first-order valence-corrected chi connectivity index (χ1v) is 8.26. The van der Waals surface area contributed by atoms with Crippen LogP contribution < -0.4 is 23.9 Å². The van der Waals surface area contributed by atoms with Gasteiger partial charge in [0.15, 0.2) is 11.5 Å². The van der Waals surface area contributed by atoms with E-state index in [0.717, 1.165) is 0 Å². The standard InChI is InChI=1S/C19H20N2O6/c1-5-26-14-8-6-12(7-9-14)18-17(20-27-21(18)22)13-10-15(23-2)19(25-4)16(11-13)24-3/h6-11H,5H2,1-4H3. The van der Waals surface area contributed by atoms with E-state index in [2.05, 4.69) is 5.16 Å². The fourth-order valence-electron chi connectivity index (χ4n) is 2.77. The van der Waals surface area contributed by atoms with Gasteiger partial charge in [-0.1, -0.05) is 0 Å². The Labute approximate surface area is 156 Å². The minimum Gasteiger partial charge on any atom is -0.494 e. The van der Waals surface area contributed by atoms with Crippen molar-refractivity contribution < 1.29 is 28.5 Å². The molecule has 0 aliphatic carbocycles. The Kier molecular flexibility index (Phi) is 5.35. The zero-order valence-electron chi connectivity index (χ0n) is 15.5. The second kappa shape index (κ2) is 7.86. The lowest BCUT2D eigenvalue weighted by Crippen LogP contribution is -2.25. The van der Waals surface area contributed by atoms with Gasteiger partial charge >= 0.3 is 0 Å². The van der Waals surface area contributed by atoms with E-state index in [9.17, 15) is 5.21 Å². The molecule has 8 heteroatoms. The molecule has 3 aromatic rings. The average Bonchev–Trinajstić information content (AvgIpc) is 3.09. The number of rotatable bonds is 7. The quantitative estimate of drug-likeness (QED) is 0.589. The third-order valence-electron chi connectivity index (χ3n) is 3.99.